The number of thiophene rings is 1. The molecule has 1 aromatic carbocycles. The smallest absolute Gasteiger partial charge is 0.250 e. The van der Waals surface area contributed by atoms with E-state index in [0.29, 0.717) is 10.6 Å². The molecule has 0 bridgehead atoms. The van der Waals surface area contributed by atoms with Crippen LogP contribution in [0.2, 0.25) is 0 Å². The molecule has 1 unspecified atom stereocenters. The largest absolute Gasteiger partial charge is 0.443 e. The number of benzene rings is 1. The van der Waals surface area contributed by atoms with Crippen LogP contribution in [0.25, 0.3) is 10.6 Å². The summed E-state index contributed by atoms with van der Waals surface area (Å²) in [6, 6.07) is 5.29. The van der Waals surface area contributed by atoms with E-state index in [2.05, 4.69) is 9.71 Å². The van der Waals surface area contributed by atoms with E-state index in [-0.39, 0.29) is 9.77 Å². The minimum absolute atomic E-state index is 0.0116. The van der Waals surface area contributed by atoms with Crippen molar-refractivity contribution < 1.29 is 21.6 Å². The van der Waals surface area contributed by atoms with Crippen LogP contribution in [0, 0.1) is 11.6 Å². The van der Waals surface area contributed by atoms with Crippen molar-refractivity contribution in [3.8, 4) is 10.6 Å². The van der Waals surface area contributed by atoms with Gasteiger partial charge in [-0.15, -0.1) is 11.3 Å². The molecule has 0 amide bonds. The maximum Gasteiger partial charge on any atom is 0.250 e. The number of hydrogen-bond acceptors (Lipinski definition) is 5. The van der Waals surface area contributed by atoms with Gasteiger partial charge in [-0.2, -0.15) is 0 Å². The molecule has 1 N–H and O–H groups in total. The third-order valence-electron chi connectivity index (χ3n) is 3.29. The monoisotopic (exact) mass is 370 g/mol. The van der Waals surface area contributed by atoms with Gasteiger partial charge in [0.15, 0.2) is 12.2 Å². The Morgan fingerprint density at radius 3 is 2.54 bits per heavy atom. The number of halogens is 2. The van der Waals surface area contributed by atoms with Gasteiger partial charge in [-0.1, -0.05) is 6.07 Å². The molecule has 1 atom stereocenters. The fourth-order valence-corrected chi connectivity index (χ4v) is 4.70. The van der Waals surface area contributed by atoms with Crippen molar-refractivity contribution >= 4 is 21.4 Å². The molecule has 3 rings (SSSR count). The zero-order valence-electron chi connectivity index (χ0n) is 12.4. The van der Waals surface area contributed by atoms with Gasteiger partial charge < -0.3 is 4.42 Å². The minimum Gasteiger partial charge on any atom is -0.443 e. The van der Waals surface area contributed by atoms with Crippen LogP contribution in [-0.4, -0.2) is 13.4 Å². The van der Waals surface area contributed by atoms with Crippen LogP contribution in [0.5, 0.6) is 0 Å². The Labute approximate surface area is 141 Å². The molecule has 5 nitrogen and oxygen atoms in total. The molecule has 0 aliphatic rings. The Balaban J connectivity index is 1.86. The SMILES string of the molecule is CC(NS(=O)(=O)c1ccc(-c2cnco2)s1)c1c(F)cccc1F. The lowest BCUT2D eigenvalue weighted by Crippen LogP contribution is -2.27. The lowest BCUT2D eigenvalue weighted by molar-refractivity contribution is 0.515. The van der Waals surface area contributed by atoms with Crippen molar-refractivity contribution in [3.63, 3.8) is 0 Å². The Morgan fingerprint density at radius 2 is 1.92 bits per heavy atom. The standard InChI is InChI=1S/C15H12F2N2O3S2/c1-9(15-10(16)3-2-4-11(15)17)19-24(20,21)14-6-5-13(23-14)12-7-18-8-22-12/h2-9,19H,1H3. The number of rotatable bonds is 5. The maximum atomic E-state index is 13.8. The van der Waals surface area contributed by atoms with E-state index < -0.39 is 27.7 Å². The summed E-state index contributed by atoms with van der Waals surface area (Å²) in [5.41, 5.74) is -0.326. The summed E-state index contributed by atoms with van der Waals surface area (Å²) in [6.45, 7) is 1.38. The Bertz CT molecular complexity index is 933. The van der Waals surface area contributed by atoms with Crippen LogP contribution in [-0.2, 0) is 10.0 Å². The van der Waals surface area contributed by atoms with E-state index in [4.69, 9.17) is 4.42 Å². The molecule has 0 fully saturated rings. The fraction of sp³-hybridized carbons (Fsp3) is 0.133. The number of oxazole rings is 1. The van der Waals surface area contributed by atoms with Gasteiger partial charge in [0.05, 0.1) is 11.1 Å². The summed E-state index contributed by atoms with van der Waals surface area (Å²) in [4.78, 5) is 4.35. The highest BCUT2D eigenvalue weighted by Gasteiger charge is 2.24. The quantitative estimate of drug-likeness (QED) is 0.743. The van der Waals surface area contributed by atoms with Gasteiger partial charge in [0, 0.05) is 11.6 Å². The van der Waals surface area contributed by atoms with Gasteiger partial charge in [0.1, 0.15) is 15.8 Å². The molecular formula is C15H12F2N2O3S2. The first-order chi connectivity index (χ1) is 11.4. The highest BCUT2D eigenvalue weighted by Crippen LogP contribution is 2.31. The van der Waals surface area contributed by atoms with Crippen LogP contribution in [0.3, 0.4) is 0 Å². The Hall–Kier alpha value is -2.10. The van der Waals surface area contributed by atoms with E-state index in [1.165, 1.54) is 31.6 Å². The Kier molecular flexibility index (Phi) is 4.48. The predicted molar refractivity (Wildman–Crippen MR) is 84.9 cm³/mol. The highest BCUT2D eigenvalue weighted by molar-refractivity contribution is 7.91. The molecule has 3 aromatic rings. The zero-order chi connectivity index (χ0) is 17.3. The Morgan fingerprint density at radius 1 is 1.21 bits per heavy atom. The lowest BCUT2D eigenvalue weighted by atomic mass is 10.1. The first-order valence-electron chi connectivity index (χ1n) is 6.83. The average Bonchev–Trinajstić information content (AvgIpc) is 3.18. The molecule has 0 aliphatic carbocycles. The van der Waals surface area contributed by atoms with Crippen LogP contribution >= 0.6 is 11.3 Å². The molecule has 9 heteroatoms. The summed E-state index contributed by atoms with van der Waals surface area (Å²) in [6.07, 6.45) is 2.71. The molecule has 0 saturated carbocycles. The summed E-state index contributed by atoms with van der Waals surface area (Å²) < 4.78 is 59.8. The number of nitrogens with zero attached hydrogens (tertiary/aromatic N) is 1. The first-order valence-corrected chi connectivity index (χ1v) is 9.13. The van der Waals surface area contributed by atoms with Crippen molar-refractivity contribution in [1.82, 2.24) is 9.71 Å². The topological polar surface area (TPSA) is 72.2 Å². The van der Waals surface area contributed by atoms with Gasteiger partial charge in [-0.3, -0.25) is 0 Å². The van der Waals surface area contributed by atoms with E-state index in [0.717, 1.165) is 23.5 Å². The van der Waals surface area contributed by atoms with Gasteiger partial charge in [0.2, 0.25) is 0 Å². The van der Waals surface area contributed by atoms with Crippen molar-refractivity contribution in [1.29, 1.82) is 0 Å². The average molecular weight is 370 g/mol. The van der Waals surface area contributed by atoms with Crippen LogP contribution in [0.4, 0.5) is 8.78 Å². The van der Waals surface area contributed by atoms with Crippen molar-refractivity contribution in [3.05, 3.63) is 60.1 Å². The molecular weight excluding hydrogens is 358 g/mol. The van der Waals surface area contributed by atoms with E-state index in [1.807, 2.05) is 0 Å². The zero-order valence-corrected chi connectivity index (χ0v) is 14.0. The summed E-state index contributed by atoms with van der Waals surface area (Å²) in [5.74, 6) is -1.17. The van der Waals surface area contributed by atoms with E-state index in [1.54, 1.807) is 6.07 Å². The number of aromatic nitrogens is 1. The van der Waals surface area contributed by atoms with E-state index >= 15 is 0 Å². The van der Waals surface area contributed by atoms with Gasteiger partial charge in [-0.25, -0.2) is 26.9 Å². The predicted octanol–water partition coefficient (Wildman–Crippen LogP) is 3.72. The third-order valence-corrected chi connectivity index (χ3v) is 6.42. The highest BCUT2D eigenvalue weighted by atomic mass is 32.2. The molecule has 2 heterocycles. The summed E-state index contributed by atoms with van der Waals surface area (Å²) in [7, 11) is -3.94. The summed E-state index contributed by atoms with van der Waals surface area (Å²) in [5, 5.41) is 0. The lowest BCUT2D eigenvalue weighted by Gasteiger charge is -2.15. The van der Waals surface area contributed by atoms with Gasteiger partial charge in [-0.05, 0) is 31.2 Å². The maximum absolute atomic E-state index is 13.8. The second-order valence-corrected chi connectivity index (χ2v) is 7.99. The van der Waals surface area contributed by atoms with Crippen molar-refractivity contribution in [2.24, 2.45) is 0 Å². The number of nitrogens with one attached hydrogen (secondary N) is 1. The van der Waals surface area contributed by atoms with Crippen molar-refractivity contribution in [2.45, 2.75) is 17.2 Å². The molecule has 24 heavy (non-hydrogen) atoms. The number of hydrogen-bond donors (Lipinski definition) is 1. The van der Waals surface area contributed by atoms with Crippen LogP contribution < -0.4 is 4.72 Å². The minimum atomic E-state index is -3.94. The third kappa shape index (κ3) is 3.23. The molecule has 126 valence electrons. The first kappa shape index (κ1) is 16.7. The second-order valence-electron chi connectivity index (χ2n) is 4.96. The normalized spacial score (nSPS) is 13.1. The molecule has 0 saturated heterocycles. The molecule has 2 aromatic heterocycles. The van der Waals surface area contributed by atoms with Crippen molar-refractivity contribution in [2.75, 3.05) is 0 Å². The van der Waals surface area contributed by atoms with Gasteiger partial charge >= 0.3 is 0 Å². The van der Waals surface area contributed by atoms with Crippen LogP contribution in [0.1, 0.15) is 18.5 Å². The van der Waals surface area contributed by atoms with E-state index in [9.17, 15) is 17.2 Å². The van der Waals surface area contributed by atoms with Crippen LogP contribution in [0.15, 0.2) is 51.5 Å². The molecule has 0 radical (unpaired) electrons. The molecule has 0 aliphatic heterocycles. The second kappa shape index (κ2) is 6.42. The fourth-order valence-electron chi connectivity index (χ4n) is 2.21. The summed E-state index contributed by atoms with van der Waals surface area (Å²) >= 11 is 0.971. The van der Waals surface area contributed by atoms with Gasteiger partial charge in [0.25, 0.3) is 10.0 Å². The molecule has 0 spiro atoms. The number of sulfonamides is 1.